The van der Waals surface area contributed by atoms with Gasteiger partial charge in [-0.05, 0) is 58.6 Å². The van der Waals surface area contributed by atoms with Crippen LogP contribution in [0.15, 0.2) is 24.3 Å². The van der Waals surface area contributed by atoms with Crippen LogP contribution in [0.3, 0.4) is 0 Å². The van der Waals surface area contributed by atoms with Gasteiger partial charge >= 0.3 is 0 Å². The zero-order valence-corrected chi connectivity index (χ0v) is 13.9. The van der Waals surface area contributed by atoms with E-state index in [1.165, 1.54) is 5.56 Å². The van der Waals surface area contributed by atoms with Gasteiger partial charge in [-0.3, -0.25) is 0 Å². The number of hydrogen-bond acceptors (Lipinski definition) is 3. The molecular formula is C17H30N2O. The first-order chi connectivity index (χ1) is 9.49. The molecule has 3 nitrogen and oxygen atoms in total. The first-order valence-electron chi connectivity index (χ1n) is 7.57. The third-order valence-electron chi connectivity index (χ3n) is 4.33. The lowest BCUT2D eigenvalue weighted by Gasteiger charge is -2.43. The summed E-state index contributed by atoms with van der Waals surface area (Å²) in [5, 5.41) is 3.47. The van der Waals surface area contributed by atoms with Gasteiger partial charge in [0.2, 0.25) is 0 Å². The van der Waals surface area contributed by atoms with E-state index in [1.807, 2.05) is 7.05 Å². The second-order valence-corrected chi connectivity index (χ2v) is 5.74. The summed E-state index contributed by atoms with van der Waals surface area (Å²) < 4.78 is 5.65. The van der Waals surface area contributed by atoms with Gasteiger partial charge in [-0.25, -0.2) is 0 Å². The minimum Gasteiger partial charge on any atom is -0.494 e. The summed E-state index contributed by atoms with van der Waals surface area (Å²) in [6, 6.07) is 8.78. The number of hydrogen-bond donors (Lipinski definition) is 1. The largest absolute Gasteiger partial charge is 0.494 e. The first kappa shape index (κ1) is 17.0. The Hall–Kier alpha value is -1.06. The van der Waals surface area contributed by atoms with Crippen LogP contribution in [0.4, 0.5) is 0 Å². The van der Waals surface area contributed by atoms with Crippen molar-refractivity contribution in [3.05, 3.63) is 29.8 Å². The minimum absolute atomic E-state index is 0.0839. The van der Waals surface area contributed by atoms with Crippen molar-refractivity contribution in [2.24, 2.45) is 0 Å². The average molecular weight is 278 g/mol. The molecule has 1 rings (SSSR count). The van der Waals surface area contributed by atoms with Crippen molar-refractivity contribution in [1.29, 1.82) is 0 Å². The fraction of sp³-hybridized carbons (Fsp3) is 0.647. The Morgan fingerprint density at radius 2 is 1.80 bits per heavy atom. The summed E-state index contributed by atoms with van der Waals surface area (Å²) in [4.78, 5) is 2.30. The number of nitrogens with one attached hydrogen (secondary N) is 1. The second kappa shape index (κ2) is 7.65. The summed E-state index contributed by atoms with van der Waals surface area (Å²) in [7, 11) is 6.32. The van der Waals surface area contributed by atoms with Gasteiger partial charge in [-0.15, -0.1) is 0 Å². The van der Waals surface area contributed by atoms with Crippen molar-refractivity contribution >= 4 is 0 Å². The molecule has 1 aromatic carbocycles. The highest BCUT2D eigenvalue weighted by Gasteiger charge is 2.34. The Morgan fingerprint density at radius 1 is 1.20 bits per heavy atom. The van der Waals surface area contributed by atoms with E-state index in [4.69, 9.17) is 4.74 Å². The van der Waals surface area contributed by atoms with Crippen LogP contribution in [0.5, 0.6) is 5.75 Å². The summed E-state index contributed by atoms with van der Waals surface area (Å²) in [6.45, 7) is 7.44. The summed E-state index contributed by atoms with van der Waals surface area (Å²) in [6.07, 6.45) is 2.12. The van der Waals surface area contributed by atoms with Crippen molar-refractivity contribution in [3.8, 4) is 5.75 Å². The van der Waals surface area contributed by atoms with Gasteiger partial charge in [0.05, 0.1) is 12.6 Å². The molecule has 2 unspecified atom stereocenters. The molecule has 3 heteroatoms. The highest BCUT2D eigenvalue weighted by molar-refractivity contribution is 5.31. The van der Waals surface area contributed by atoms with Crippen LogP contribution in [0.25, 0.3) is 0 Å². The number of rotatable bonds is 8. The van der Waals surface area contributed by atoms with E-state index < -0.39 is 0 Å². The van der Waals surface area contributed by atoms with Crippen LogP contribution in [-0.2, 0) is 0 Å². The van der Waals surface area contributed by atoms with Gasteiger partial charge < -0.3 is 15.0 Å². The molecule has 1 aromatic rings. The van der Waals surface area contributed by atoms with E-state index >= 15 is 0 Å². The SMILES string of the molecule is CCCOc1ccc(C(NC)C(C)(CC)N(C)C)cc1. The molecule has 0 fully saturated rings. The average Bonchev–Trinajstić information content (AvgIpc) is 2.46. The predicted molar refractivity (Wildman–Crippen MR) is 86.4 cm³/mol. The molecule has 0 saturated heterocycles. The Labute approximate surface area is 124 Å². The summed E-state index contributed by atoms with van der Waals surface area (Å²) in [5.74, 6) is 0.952. The summed E-state index contributed by atoms with van der Waals surface area (Å²) >= 11 is 0. The van der Waals surface area contributed by atoms with Gasteiger partial charge in [0.15, 0.2) is 0 Å². The van der Waals surface area contributed by atoms with E-state index in [-0.39, 0.29) is 5.54 Å². The molecule has 0 heterocycles. The molecule has 0 spiro atoms. The summed E-state index contributed by atoms with van der Waals surface area (Å²) in [5.41, 5.74) is 1.38. The van der Waals surface area contributed by atoms with Gasteiger partial charge in [0.25, 0.3) is 0 Å². The molecule has 0 aliphatic carbocycles. The van der Waals surface area contributed by atoms with E-state index in [9.17, 15) is 0 Å². The van der Waals surface area contributed by atoms with Crippen molar-refractivity contribution < 1.29 is 4.74 Å². The normalized spacial score (nSPS) is 15.9. The zero-order valence-electron chi connectivity index (χ0n) is 13.9. The molecule has 2 atom stereocenters. The lowest BCUT2D eigenvalue weighted by molar-refractivity contribution is 0.117. The predicted octanol–water partition coefficient (Wildman–Crippen LogP) is 3.47. The number of benzene rings is 1. The van der Waals surface area contributed by atoms with Gasteiger partial charge in [-0.1, -0.05) is 26.0 Å². The molecule has 0 bridgehead atoms. The first-order valence-corrected chi connectivity index (χ1v) is 7.57. The molecule has 0 radical (unpaired) electrons. The minimum atomic E-state index is 0.0839. The topological polar surface area (TPSA) is 24.5 Å². The van der Waals surface area contributed by atoms with Crippen molar-refractivity contribution in [2.45, 2.75) is 45.2 Å². The molecule has 114 valence electrons. The van der Waals surface area contributed by atoms with Crippen molar-refractivity contribution in [1.82, 2.24) is 10.2 Å². The lowest BCUT2D eigenvalue weighted by Crippen LogP contribution is -2.50. The maximum absolute atomic E-state index is 5.65. The Bertz CT molecular complexity index is 388. The van der Waals surface area contributed by atoms with Crippen LogP contribution in [0.1, 0.15) is 45.2 Å². The second-order valence-electron chi connectivity index (χ2n) is 5.74. The molecular weight excluding hydrogens is 248 g/mol. The fourth-order valence-electron chi connectivity index (χ4n) is 2.59. The molecule has 0 amide bonds. The number of ether oxygens (including phenoxy) is 1. The molecule has 0 aliphatic rings. The maximum atomic E-state index is 5.65. The van der Waals surface area contributed by atoms with Crippen molar-refractivity contribution in [3.63, 3.8) is 0 Å². The van der Waals surface area contributed by atoms with Crippen LogP contribution >= 0.6 is 0 Å². The van der Waals surface area contributed by atoms with E-state index in [0.717, 1.165) is 25.2 Å². The molecule has 20 heavy (non-hydrogen) atoms. The quantitative estimate of drug-likeness (QED) is 0.788. The third-order valence-corrected chi connectivity index (χ3v) is 4.33. The standard InChI is InChI=1S/C17H30N2O/c1-7-13-20-15-11-9-14(10-12-15)16(18-4)17(3,8-2)19(5)6/h9-12,16,18H,7-8,13H2,1-6H3. The van der Waals surface area contributed by atoms with E-state index in [2.05, 4.69) is 69.3 Å². The fourth-order valence-corrected chi connectivity index (χ4v) is 2.59. The van der Waals surface area contributed by atoms with Crippen LogP contribution in [0, 0.1) is 0 Å². The lowest BCUT2D eigenvalue weighted by atomic mass is 9.83. The smallest absolute Gasteiger partial charge is 0.119 e. The van der Waals surface area contributed by atoms with Crippen LogP contribution in [0.2, 0.25) is 0 Å². The Balaban J connectivity index is 2.95. The van der Waals surface area contributed by atoms with Crippen LogP contribution in [-0.4, -0.2) is 38.2 Å². The molecule has 0 saturated carbocycles. The molecule has 0 aliphatic heterocycles. The monoisotopic (exact) mass is 278 g/mol. The van der Waals surface area contributed by atoms with E-state index in [1.54, 1.807) is 0 Å². The number of likely N-dealkylation sites (N-methyl/N-ethyl adjacent to an activating group) is 2. The Kier molecular flexibility index (Phi) is 6.50. The van der Waals surface area contributed by atoms with Gasteiger partial charge in [0, 0.05) is 5.54 Å². The zero-order chi connectivity index (χ0) is 15.2. The molecule has 1 N–H and O–H groups in total. The van der Waals surface area contributed by atoms with Crippen LogP contribution < -0.4 is 10.1 Å². The highest BCUT2D eigenvalue weighted by atomic mass is 16.5. The van der Waals surface area contributed by atoms with E-state index in [0.29, 0.717) is 6.04 Å². The third kappa shape index (κ3) is 3.74. The Morgan fingerprint density at radius 3 is 2.20 bits per heavy atom. The van der Waals surface area contributed by atoms with Gasteiger partial charge in [-0.2, -0.15) is 0 Å². The molecule has 0 aromatic heterocycles. The van der Waals surface area contributed by atoms with Crippen molar-refractivity contribution in [2.75, 3.05) is 27.7 Å². The van der Waals surface area contributed by atoms with Gasteiger partial charge in [0.1, 0.15) is 5.75 Å². The maximum Gasteiger partial charge on any atom is 0.119 e. The highest BCUT2D eigenvalue weighted by Crippen LogP contribution is 2.33. The number of nitrogens with zero attached hydrogens (tertiary/aromatic N) is 1.